The van der Waals surface area contributed by atoms with Crippen LogP contribution in [0.2, 0.25) is 0 Å². The minimum absolute atomic E-state index is 0.119. The highest BCUT2D eigenvalue weighted by Crippen LogP contribution is 2.27. The number of nitrogens with one attached hydrogen (secondary N) is 1. The van der Waals surface area contributed by atoms with Crippen molar-refractivity contribution in [2.24, 2.45) is 0 Å². The Bertz CT molecular complexity index is 497. The third-order valence-electron chi connectivity index (χ3n) is 3.01. The summed E-state index contributed by atoms with van der Waals surface area (Å²) in [5.41, 5.74) is 5.26. The standard InChI is InChI=1S/C13H17N3O2/c1-15(2)14-13(18)10-4-6-11-9(8-10)5-7-12(17)16(11)3/h4,6,8H,5,7H2,1-3H3,(H,14,18). The second-order valence-corrected chi connectivity index (χ2v) is 4.63. The Labute approximate surface area is 106 Å². The summed E-state index contributed by atoms with van der Waals surface area (Å²) in [6.07, 6.45) is 1.20. The van der Waals surface area contributed by atoms with Gasteiger partial charge in [0.2, 0.25) is 5.91 Å². The molecule has 0 aliphatic carbocycles. The monoisotopic (exact) mass is 247 g/mol. The molecule has 1 aliphatic rings. The molecule has 0 spiro atoms. The van der Waals surface area contributed by atoms with Crippen LogP contribution in [0.4, 0.5) is 5.69 Å². The number of nitrogens with zero attached hydrogens (tertiary/aromatic N) is 2. The van der Waals surface area contributed by atoms with Crippen LogP contribution in [0.15, 0.2) is 18.2 Å². The van der Waals surface area contributed by atoms with Crippen molar-refractivity contribution in [2.45, 2.75) is 12.8 Å². The zero-order chi connectivity index (χ0) is 13.3. The normalized spacial score (nSPS) is 14.7. The lowest BCUT2D eigenvalue weighted by Crippen LogP contribution is -2.36. The minimum atomic E-state index is -0.137. The molecule has 2 rings (SSSR count). The number of aryl methyl sites for hydroxylation is 1. The van der Waals surface area contributed by atoms with E-state index in [1.165, 1.54) is 0 Å². The Morgan fingerprint density at radius 1 is 1.33 bits per heavy atom. The van der Waals surface area contributed by atoms with Gasteiger partial charge in [0, 0.05) is 38.8 Å². The van der Waals surface area contributed by atoms with Gasteiger partial charge in [0.15, 0.2) is 0 Å². The van der Waals surface area contributed by atoms with Crippen molar-refractivity contribution in [2.75, 3.05) is 26.0 Å². The van der Waals surface area contributed by atoms with Crippen LogP contribution in [-0.4, -0.2) is 38.0 Å². The van der Waals surface area contributed by atoms with Crippen LogP contribution in [0.3, 0.4) is 0 Å². The van der Waals surface area contributed by atoms with Crippen LogP contribution in [0.25, 0.3) is 0 Å². The first-order chi connectivity index (χ1) is 8.49. The summed E-state index contributed by atoms with van der Waals surface area (Å²) in [6, 6.07) is 5.43. The number of fused-ring (bicyclic) bond motifs is 1. The topological polar surface area (TPSA) is 52.7 Å². The molecule has 0 bridgehead atoms. The Hall–Kier alpha value is -1.88. The summed E-state index contributed by atoms with van der Waals surface area (Å²) < 4.78 is 0. The van der Waals surface area contributed by atoms with Crippen molar-refractivity contribution < 1.29 is 9.59 Å². The van der Waals surface area contributed by atoms with Crippen LogP contribution in [0.1, 0.15) is 22.3 Å². The van der Waals surface area contributed by atoms with Gasteiger partial charge in [0.25, 0.3) is 5.91 Å². The largest absolute Gasteiger partial charge is 0.315 e. The van der Waals surface area contributed by atoms with Crippen LogP contribution in [0.5, 0.6) is 0 Å². The van der Waals surface area contributed by atoms with Gasteiger partial charge in [-0.05, 0) is 30.2 Å². The van der Waals surface area contributed by atoms with E-state index in [1.807, 2.05) is 12.1 Å². The van der Waals surface area contributed by atoms with Gasteiger partial charge in [-0.1, -0.05) is 0 Å². The van der Waals surface area contributed by atoms with E-state index in [4.69, 9.17) is 0 Å². The molecule has 0 saturated heterocycles. The van der Waals surface area contributed by atoms with E-state index in [9.17, 15) is 9.59 Å². The van der Waals surface area contributed by atoms with Gasteiger partial charge in [-0.25, -0.2) is 5.01 Å². The fraction of sp³-hybridized carbons (Fsp3) is 0.385. The summed E-state index contributed by atoms with van der Waals surface area (Å²) in [7, 11) is 5.30. The van der Waals surface area contributed by atoms with Crippen LogP contribution in [-0.2, 0) is 11.2 Å². The van der Waals surface area contributed by atoms with Crippen molar-refractivity contribution in [3.8, 4) is 0 Å². The van der Waals surface area contributed by atoms with Crippen LogP contribution in [0, 0.1) is 0 Å². The lowest BCUT2D eigenvalue weighted by atomic mass is 9.99. The van der Waals surface area contributed by atoms with E-state index in [-0.39, 0.29) is 11.8 Å². The smallest absolute Gasteiger partial charge is 0.265 e. The van der Waals surface area contributed by atoms with Crippen LogP contribution < -0.4 is 10.3 Å². The molecule has 1 N–H and O–H groups in total. The highest BCUT2D eigenvalue weighted by atomic mass is 16.2. The molecule has 1 heterocycles. The Balaban J connectivity index is 2.28. The highest BCUT2D eigenvalue weighted by Gasteiger charge is 2.21. The number of hydrogen-bond donors (Lipinski definition) is 1. The average Bonchev–Trinajstić information content (AvgIpc) is 2.32. The number of carbonyl (C=O) groups is 2. The molecule has 5 nitrogen and oxygen atoms in total. The summed E-state index contributed by atoms with van der Waals surface area (Å²) in [5.74, 6) is -0.0182. The number of rotatable bonds is 2. The Morgan fingerprint density at radius 3 is 2.72 bits per heavy atom. The molecular weight excluding hydrogens is 230 g/mol. The van der Waals surface area contributed by atoms with Crippen molar-refractivity contribution >= 4 is 17.5 Å². The van der Waals surface area contributed by atoms with Crippen molar-refractivity contribution in [1.29, 1.82) is 0 Å². The molecule has 0 unspecified atom stereocenters. The van der Waals surface area contributed by atoms with Gasteiger partial charge >= 0.3 is 0 Å². The quantitative estimate of drug-likeness (QED) is 0.787. The van der Waals surface area contributed by atoms with E-state index in [1.54, 1.807) is 37.1 Å². The van der Waals surface area contributed by atoms with Gasteiger partial charge in [-0.15, -0.1) is 0 Å². The number of benzene rings is 1. The molecule has 0 atom stereocenters. The number of anilines is 1. The number of hydrazine groups is 1. The summed E-state index contributed by atoms with van der Waals surface area (Å²) in [6.45, 7) is 0. The van der Waals surface area contributed by atoms with Gasteiger partial charge in [0.1, 0.15) is 0 Å². The summed E-state index contributed by atoms with van der Waals surface area (Å²) >= 11 is 0. The fourth-order valence-corrected chi connectivity index (χ4v) is 2.07. The minimum Gasteiger partial charge on any atom is -0.315 e. The SMILES string of the molecule is CN(C)NC(=O)c1ccc2c(c1)CCC(=O)N2C. The lowest BCUT2D eigenvalue weighted by Gasteiger charge is -2.26. The maximum absolute atomic E-state index is 11.9. The van der Waals surface area contributed by atoms with E-state index >= 15 is 0 Å². The molecule has 1 aromatic rings. The van der Waals surface area contributed by atoms with Gasteiger partial charge in [-0.3, -0.25) is 15.0 Å². The third-order valence-corrected chi connectivity index (χ3v) is 3.01. The van der Waals surface area contributed by atoms with Crippen molar-refractivity contribution in [3.63, 3.8) is 0 Å². The highest BCUT2D eigenvalue weighted by molar-refractivity contribution is 5.98. The zero-order valence-corrected chi connectivity index (χ0v) is 10.9. The first-order valence-electron chi connectivity index (χ1n) is 5.87. The maximum atomic E-state index is 11.9. The molecule has 0 radical (unpaired) electrons. The lowest BCUT2D eigenvalue weighted by molar-refractivity contribution is -0.118. The Kier molecular flexibility index (Phi) is 3.34. The fourth-order valence-electron chi connectivity index (χ4n) is 2.07. The van der Waals surface area contributed by atoms with Gasteiger partial charge in [0.05, 0.1) is 0 Å². The maximum Gasteiger partial charge on any atom is 0.265 e. The third kappa shape index (κ3) is 2.36. The second-order valence-electron chi connectivity index (χ2n) is 4.63. The Morgan fingerprint density at radius 2 is 2.06 bits per heavy atom. The number of carbonyl (C=O) groups excluding carboxylic acids is 2. The molecule has 0 aromatic heterocycles. The first kappa shape index (κ1) is 12.6. The molecule has 0 saturated carbocycles. The predicted molar refractivity (Wildman–Crippen MR) is 69.3 cm³/mol. The summed E-state index contributed by atoms with van der Waals surface area (Å²) in [5, 5.41) is 1.61. The van der Waals surface area contributed by atoms with E-state index in [2.05, 4.69) is 5.43 Å². The second kappa shape index (κ2) is 4.78. The van der Waals surface area contributed by atoms with E-state index < -0.39 is 0 Å². The van der Waals surface area contributed by atoms with Crippen molar-refractivity contribution in [3.05, 3.63) is 29.3 Å². The molecular formula is C13H17N3O2. The molecule has 0 fully saturated rings. The number of hydrogen-bond acceptors (Lipinski definition) is 3. The van der Waals surface area contributed by atoms with Gasteiger partial charge < -0.3 is 4.90 Å². The van der Waals surface area contributed by atoms with Crippen LogP contribution >= 0.6 is 0 Å². The van der Waals surface area contributed by atoms with Gasteiger partial charge in [-0.2, -0.15) is 0 Å². The molecule has 5 heteroatoms. The molecule has 18 heavy (non-hydrogen) atoms. The summed E-state index contributed by atoms with van der Waals surface area (Å²) in [4.78, 5) is 25.1. The number of amides is 2. The van der Waals surface area contributed by atoms with Crippen molar-refractivity contribution in [1.82, 2.24) is 10.4 Å². The zero-order valence-electron chi connectivity index (χ0n) is 10.9. The molecule has 96 valence electrons. The molecule has 1 aliphatic heterocycles. The molecule has 1 aromatic carbocycles. The predicted octanol–water partition coefficient (Wildman–Crippen LogP) is 0.802. The average molecular weight is 247 g/mol. The molecule has 2 amide bonds. The van der Waals surface area contributed by atoms with E-state index in [0.29, 0.717) is 18.4 Å². The van der Waals surface area contributed by atoms with E-state index in [0.717, 1.165) is 11.3 Å². The first-order valence-corrected chi connectivity index (χ1v) is 5.87.